The SMILES string of the molecule is CCCCC1CCC(CN)(Cc2ccccc2OC)CC1. The van der Waals surface area contributed by atoms with Crippen molar-refractivity contribution in [3.8, 4) is 5.75 Å². The van der Waals surface area contributed by atoms with E-state index in [9.17, 15) is 0 Å². The van der Waals surface area contributed by atoms with E-state index in [-0.39, 0.29) is 5.41 Å². The number of ether oxygens (including phenoxy) is 1. The first-order chi connectivity index (χ1) is 10.2. The molecular weight excluding hydrogens is 258 g/mol. The summed E-state index contributed by atoms with van der Waals surface area (Å²) in [6.07, 6.45) is 10.4. The fraction of sp³-hybridized carbons (Fsp3) is 0.684. The van der Waals surface area contributed by atoms with Crippen molar-refractivity contribution in [1.82, 2.24) is 0 Å². The van der Waals surface area contributed by atoms with Gasteiger partial charge in [0.25, 0.3) is 0 Å². The van der Waals surface area contributed by atoms with E-state index in [0.717, 1.165) is 24.6 Å². The molecule has 0 atom stereocenters. The first-order valence-electron chi connectivity index (χ1n) is 8.55. The van der Waals surface area contributed by atoms with E-state index in [2.05, 4.69) is 25.1 Å². The van der Waals surface area contributed by atoms with Gasteiger partial charge in [-0.1, -0.05) is 44.4 Å². The van der Waals surface area contributed by atoms with E-state index in [4.69, 9.17) is 10.5 Å². The van der Waals surface area contributed by atoms with Gasteiger partial charge in [0.05, 0.1) is 7.11 Å². The molecule has 1 fully saturated rings. The van der Waals surface area contributed by atoms with Crippen LogP contribution in [0.2, 0.25) is 0 Å². The third-order valence-corrected chi connectivity index (χ3v) is 5.32. The lowest BCUT2D eigenvalue weighted by Crippen LogP contribution is -2.37. The number of hydrogen-bond donors (Lipinski definition) is 1. The molecule has 2 N–H and O–H groups in total. The monoisotopic (exact) mass is 289 g/mol. The molecule has 0 aliphatic heterocycles. The fourth-order valence-electron chi connectivity index (χ4n) is 3.78. The molecule has 0 bridgehead atoms. The molecule has 21 heavy (non-hydrogen) atoms. The van der Waals surface area contributed by atoms with Gasteiger partial charge in [-0.25, -0.2) is 0 Å². The van der Waals surface area contributed by atoms with Crippen LogP contribution in [-0.4, -0.2) is 13.7 Å². The molecule has 0 amide bonds. The van der Waals surface area contributed by atoms with Crippen molar-refractivity contribution in [3.05, 3.63) is 29.8 Å². The first-order valence-corrected chi connectivity index (χ1v) is 8.55. The van der Waals surface area contributed by atoms with Gasteiger partial charge in [-0.3, -0.25) is 0 Å². The van der Waals surface area contributed by atoms with Crippen molar-refractivity contribution < 1.29 is 4.74 Å². The van der Waals surface area contributed by atoms with Crippen molar-refractivity contribution in [2.45, 2.75) is 58.3 Å². The minimum absolute atomic E-state index is 0.289. The van der Waals surface area contributed by atoms with Crippen LogP contribution < -0.4 is 10.5 Å². The van der Waals surface area contributed by atoms with Crippen LogP contribution in [0.4, 0.5) is 0 Å². The van der Waals surface area contributed by atoms with Gasteiger partial charge in [-0.05, 0) is 61.6 Å². The molecule has 1 aromatic rings. The summed E-state index contributed by atoms with van der Waals surface area (Å²) >= 11 is 0. The third-order valence-electron chi connectivity index (χ3n) is 5.32. The Bertz CT molecular complexity index is 421. The molecule has 0 aromatic heterocycles. The molecule has 0 heterocycles. The summed E-state index contributed by atoms with van der Waals surface area (Å²) in [4.78, 5) is 0. The Hall–Kier alpha value is -1.02. The summed E-state index contributed by atoms with van der Waals surface area (Å²) in [7, 11) is 1.76. The Morgan fingerprint density at radius 3 is 2.57 bits per heavy atom. The topological polar surface area (TPSA) is 35.2 Å². The van der Waals surface area contributed by atoms with E-state index < -0.39 is 0 Å². The predicted molar refractivity (Wildman–Crippen MR) is 89.7 cm³/mol. The summed E-state index contributed by atoms with van der Waals surface area (Å²) in [6, 6.07) is 8.40. The van der Waals surface area contributed by atoms with Crippen LogP contribution in [0.3, 0.4) is 0 Å². The van der Waals surface area contributed by atoms with Crippen LogP contribution in [0.15, 0.2) is 24.3 Å². The van der Waals surface area contributed by atoms with Gasteiger partial charge in [0.15, 0.2) is 0 Å². The van der Waals surface area contributed by atoms with Crippen molar-refractivity contribution in [3.63, 3.8) is 0 Å². The molecular formula is C19H31NO. The molecule has 0 saturated heterocycles. The summed E-state index contributed by atoms with van der Waals surface area (Å²) in [6.45, 7) is 3.08. The number of methoxy groups -OCH3 is 1. The van der Waals surface area contributed by atoms with Crippen molar-refractivity contribution >= 4 is 0 Å². The number of para-hydroxylation sites is 1. The van der Waals surface area contributed by atoms with Gasteiger partial charge < -0.3 is 10.5 Å². The molecule has 0 spiro atoms. The quantitative estimate of drug-likeness (QED) is 0.798. The van der Waals surface area contributed by atoms with Gasteiger partial charge in [-0.2, -0.15) is 0 Å². The van der Waals surface area contributed by atoms with E-state index in [1.807, 2.05) is 6.07 Å². The van der Waals surface area contributed by atoms with Gasteiger partial charge in [0.2, 0.25) is 0 Å². The normalized spacial score (nSPS) is 25.8. The molecule has 0 unspecified atom stereocenters. The lowest BCUT2D eigenvalue weighted by atomic mass is 9.66. The second-order valence-electron chi connectivity index (χ2n) is 6.78. The summed E-state index contributed by atoms with van der Waals surface area (Å²) < 4.78 is 5.51. The molecule has 1 saturated carbocycles. The molecule has 1 aliphatic rings. The van der Waals surface area contributed by atoms with Crippen molar-refractivity contribution in [2.75, 3.05) is 13.7 Å². The van der Waals surface area contributed by atoms with Crippen molar-refractivity contribution in [2.24, 2.45) is 17.1 Å². The van der Waals surface area contributed by atoms with Gasteiger partial charge in [-0.15, -0.1) is 0 Å². The number of nitrogens with two attached hydrogens (primary N) is 1. The Balaban J connectivity index is 2.00. The Morgan fingerprint density at radius 1 is 1.24 bits per heavy atom. The van der Waals surface area contributed by atoms with Crippen molar-refractivity contribution in [1.29, 1.82) is 0 Å². The van der Waals surface area contributed by atoms with Crippen LogP contribution in [0.25, 0.3) is 0 Å². The largest absolute Gasteiger partial charge is 0.496 e. The fourth-order valence-corrected chi connectivity index (χ4v) is 3.78. The van der Waals surface area contributed by atoms with Gasteiger partial charge in [0.1, 0.15) is 5.75 Å². The van der Waals surface area contributed by atoms with Gasteiger partial charge in [0, 0.05) is 0 Å². The molecule has 2 heteroatoms. The number of rotatable bonds is 7. The smallest absolute Gasteiger partial charge is 0.122 e. The van der Waals surface area contributed by atoms with Crippen LogP contribution in [-0.2, 0) is 6.42 Å². The van der Waals surface area contributed by atoms with Gasteiger partial charge >= 0.3 is 0 Å². The number of hydrogen-bond acceptors (Lipinski definition) is 2. The summed E-state index contributed by atoms with van der Waals surface area (Å²) in [5.74, 6) is 1.95. The zero-order chi connectivity index (χ0) is 15.1. The zero-order valence-corrected chi connectivity index (χ0v) is 13.7. The second kappa shape index (κ2) is 7.84. The van der Waals surface area contributed by atoms with E-state index in [1.54, 1.807) is 7.11 Å². The Kier molecular flexibility index (Phi) is 6.10. The molecule has 2 rings (SSSR count). The Labute approximate surface area is 130 Å². The van der Waals surface area contributed by atoms with Crippen LogP contribution >= 0.6 is 0 Å². The maximum Gasteiger partial charge on any atom is 0.122 e. The highest BCUT2D eigenvalue weighted by Gasteiger charge is 2.34. The minimum atomic E-state index is 0.289. The molecule has 1 aromatic carbocycles. The van der Waals surface area contributed by atoms with E-state index in [0.29, 0.717) is 0 Å². The molecule has 2 nitrogen and oxygen atoms in total. The maximum absolute atomic E-state index is 6.18. The molecule has 0 radical (unpaired) electrons. The first kappa shape index (κ1) is 16.4. The third kappa shape index (κ3) is 4.23. The lowest BCUT2D eigenvalue weighted by Gasteiger charge is -2.40. The average Bonchev–Trinajstić information content (AvgIpc) is 2.55. The molecule has 1 aliphatic carbocycles. The highest BCUT2D eigenvalue weighted by molar-refractivity contribution is 5.34. The van der Waals surface area contributed by atoms with Crippen LogP contribution in [0, 0.1) is 11.3 Å². The van der Waals surface area contributed by atoms with Crippen LogP contribution in [0.1, 0.15) is 57.4 Å². The lowest BCUT2D eigenvalue weighted by molar-refractivity contribution is 0.149. The molecule has 118 valence electrons. The number of benzene rings is 1. The summed E-state index contributed by atoms with van der Waals surface area (Å²) in [5.41, 5.74) is 7.79. The average molecular weight is 289 g/mol. The zero-order valence-electron chi connectivity index (χ0n) is 13.7. The Morgan fingerprint density at radius 2 is 1.95 bits per heavy atom. The van der Waals surface area contributed by atoms with Crippen LogP contribution in [0.5, 0.6) is 5.75 Å². The highest BCUT2D eigenvalue weighted by Crippen LogP contribution is 2.43. The standard InChI is InChI=1S/C19H31NO/c1-3-4-7-16-10-12-19(15-20,13-11-16)14-17-8-5-6-9-18(17)21-2/h5-6,8-9,16H,3-4,7,10-15,20H2,1-2H3. The minimum Gasteiger partial charge on any atom is -0.496 e. The highest BCUT2D eigenvalue weighted by atomic mass is 16.5. The second-order valence-corrected chi connectivity index (χ2v) is 6.78. The van der Waals surface area contributed by atoms with E-state index >= 15 is 0 Å². The number of unbranched alkanes of at least 4 members (excludes halogenated alkanes) is 1. The van der Waals surface area contributed by atoms with E-state index in [1.165, 1.54) is 50.5 Å². The maximum atomic E-state index is 6.18. The predicted octanol–water partition coefficient (Wildman–Crippen LogP) is 4.56. The summed E-state index contributed by atoms with van der Waals surface area (Å²) in [5, 5.41) is 0.